The average Bonchev–Trinajstić information content (AvgIpc) is 3.08. The van der Waals surface area contributed by atoms with Crippen LogP contribution < -0.4 is 20.1 Å². The van der Waals surface area contributed by atoms with Gasteiger partial charge in [0.25, 0.3) is 5.91 Å². The zero-order chi connectivity index (χ0) is 17.6. The van der Waals surface area contributed by atoms with E-state index >= 15 is 0 Å². The number of nitrogens with zero attached hydrogens (tertiary/aromatic N) is 1. The second-order valence-electron chi connectivity index (χ2n) is 5.33. The summed E-state index contributed by atoms with van der Waals surface area (Å²) in [7, 11) is 0. The lowest BCUT2D eigenvalue weighted by Crippen LogP contribution is -2.21. The second kappa shape index (κ2) is 7.36. The highest BCUT2D eigenvalue weighted by molar-refractivity contribution is 6.04. The van der Waals surface area contributed by atoms with Crippen molar-refractivity contribution in [3.63, 3.8) is 0 Å². The van der Waals surface area contributed by atoms with Gasteiger partial charge in [0, 0.05) is 17.8 Å². The summed E-state index contributed by atoms with van der Waals surface area (Å²) in [6.07, 6.45) is -0.180. The number of rotatable bonds is 5. The van der Waals surface area contributed by atoms with Crippen LogP contribution >= 0.6 is 0 Å². The number of nitriles is 1. The minimum atomic E-state index is -0.336. The monoisotopic (exact) mass is 337 g/mol. The van der Waals surface area contributed by atoms with Crippen LogP contribution in [0.3, 0.4) is 0 Å². The normalized spacial score (nSPS) is 11.5. The lowest BCUT2D eigenvalue weighted by Gasteiger charge is -2.09. The van der Waals surface area contributed by atoms with Gasteiger partial charge in [0.2, 0.25) is 12.7 Å². The zero-order valence-electron chi connectivity index (χ0n) is 13.2. The van der Waals surface area contributed by atoms with Crippen molar-refractivity contribution >= 4 is 17.5 Å². The van der Waals surface area contributed by atoms with Crippen molar-refractivity contribution in [3.05, 3.63) is 53.6 Å². The molecule has 0 atom stereocenters. The fraction of sp³-hybridized carbons (Fsp3) is 0.167. The molecule has 0 bridgehead atoms. The standard InChI is InChI=1S/C18H15N3O4/c19-7-6-17(22)20-10-12-2-1-3-14(8-12)21-18(23)13-4-5-15-16(9-13)25-11-24-15/h1-5,8-9H,6,10-11H2,(H,20,22)(H,21,23). The third-order valence-corrected chi connectivity index (χ3v) is 3.55. The van der Waals surface area contributed by atoms with E-state index in [2.05, 4.69) is 10.6 Å². The Morgan fingerprint density at radius 3 is 2.80 bits per heavy atom. The van der Waals surface area contributed by atoms with Crippen LogP contribution in [0.5, 0.6) is 11.5 Å². The van der Waals surface area contributed by atoms with Crippen LogP contribution in [-0.4, -0.2) is 18.6 Å². The molecule has 7 heteroatoms. The topological polar surface area (TPSA) is 100 Å². The van der Waals surface area contributed by atoms with Crippen LogP contribution in [0.2, 0.25) is 0 Å². The fourth-order valence-electron chi connectivity index (χ4n) is 2.34. The number of hydrogen-bond donors (Lipinski definition) is 2. The van der Waals surface area contributed by atoms with Crippen molar-refractivity contribution in [2.24, 2.45) is 0 Å². The summed E-state index contributed by atoms with van der Waals surface area (Å²) in [4.78, 5) is 23.7. The van der Waals surface area contributed by atoms with Crippen LogP contribution in [0.15, 0.2) is 42.5 Å². The zero-order valence-corrected chi connectivity index (χ0v) is 13.2. The van der Waals surface area contributed by atoms with E-state index in [-0.39, 0.29) is 31.6 Å². The third kappa shape index (κ3) is 4.06. The van der Waals surface area contributed by atoms with Crippen LogP contribution in [0.25, 0.3) is 0 Å². The van der Waals surface area contributed by atoms with Crippen molar-refractivity contribution in [1.29, 1.82) is 5.26 Å². The van der Waals surface area contributed by atoms with E-state index in [1.165, 1.54) is 0 Å². The van der Waals surface area contributed by atoms with Gasteiger partial charge in [-0.15, -0.1) is 0 Å². The van der Waals surface area contributed by atoms with E-state index in [0.717, 1.165) is 5.56 Å². The number of amides is 2. The first-order valence-corrected chi connectivity index (χ1v) is 7.59. The highest BCUT2D eigenvalue weighted by Crippen LogP contribution is 2.32. The van der Waals surface area contributed by atoms with Crippen LogP contribution in [0, 0.1) is 11.3 Å². The van der Waals surface area contributed by atoms with Crippen LogP contribution in [0.1, 0.15) is 22.3 Å². The van der Waals surface area contributed by atoms with Crippen molar-refractivity contribution < 1.29 is 19.1 Å². The Labute approximate surface area is 144 Å². The molecule has 2 N–H and O–H groups in total. The molecule has 0 saturated heterocycles. The maximum Gasteiger partial charge on any atom is 0.255 e. The van der Waals surface area contributed by atoms with Crippen molar-refractivity contribution in [2.45, 2.75) is 13.0 Å². The maximum atomic E-state index is 12.4. The van der Waals surface area contributed by atoms with Crippen LogP contribution in [-0.2, 0) is 11.3 Å². The molecular formula is C18H15N3O4. The Bertz CT molecular complexity index is 858. The van der Waals surface area contributed by atoms with E-state index in [4.69, 9.17) is 14.7 Å². The maximum absolute atomic E-state index is 12.4. The minimum absolute atomic E-state index is 0.153. The van der Waals surface area contributed by atoms with Crippen LogP contribution in [0.4, 0.5) is 5.69 Å². The number of hydrogen-bond acceptors (Lipinski definition) is 5. The van der Waals surface area contributed by atoms with E-state index in [9.17, 15) is 9.59 Å². The van der Waals surface area contributed by atoms with Gasteiger partial charge in [-0.1, -0.05) is 12.1 Å². The lowest BCUT2D eigenvalue weighted by atomic mass is 10.1. The first-order chi connectivity index (χ1) is 12.2. The van der Waals surface area contributed by atoms with E-state index in [1.54, 1.807) is 42.5 Å². The predicted octanol–water partition coefficient (Wildman–Crippen LogP) is 2.20. The minimum Gasteiger partial charge on any atom is -0.454 e. The molecular weight excluding hydrogens is 322 g/mol. The number of anilines is 1. The van der Waals surface area contributed by atoms with Crippen molar-refractivity contribution in [1.82, 2.24) is 5.32 Å². The predicted molar refractivity (Wildman–Crippen MR) is 89.0 cm³/mol. The Kier molecular flexibility index (Phi) is 4.81. The number of fused-ring (bicyclic) bond motifs is 1. The largest absolute Gasteiger partial charge is 0.454 e. The smallest absolute Gasteiger partial charge is 0.255 e. The molecule has 1 aliphatic rings. The first-order valence-electron chi connectivity index (χ1n) is 7.59. The highest BCUT2D eigenvalue weighted by Gasteiger charge is 2.16. The van der Waals surface area contributed by atoms with Gasteiger partial charge in [-0.05, 0) is 35.9 Å². The molecule has 1 aliphatic heterocycles. The van der Waals surface area contributed by atoms with Gasteiger partial charge in [-0.2, -0.15) is 5.26 Å². The van der Waals surface area contributed by atoms with E-state index < -0.39 is 0 Å². The van der Waals surface area contributed by atoms with Gasteiger partial charge in [-0.25, -0.2) is 0 Å². The van der Waals surface area contributed by atoms with Gasteiger partial charge < -0.3 is 20.1 Å². The molecule has 0 spiro atoms. The molecule has 7 nitrogen and oxygen atoms in total. The van der Waals surface area contributed by atoms with Gasteiger partial charge in [0.15, 0.2) is 11.5 Å². The molecule has 2 aromatic carbocycles. The molecule has 2 aromatic rings. The average molecular weight is 337 g/mol. The molecule has 3 rings (SSSR count). The van der Waals surface area contributed by atoms with Crippen molar-refractivity contribution in [3.8, 4) is 17.6 Å². The van der Waals surface area contributed by atoms with Crippen molar-refractivity contribution in [2.75, 3.05) is 12.1 Å². The Morgan fingerprint density at radius 2 is 1.96 bits per heavy atom. The Hall–Kier alpha value is -3.53. The second-order valence-corrected chi connectivity index (χ2v) is 5.33. The summed E-state index contributed by atoms with van der Waals surface area (Å²) in [6.45, 7) is 0.439. The Morgan fingerprint density at radius 1 is 1.12 bits per heavy atom. The number of ether oxygens (including phenoxy) is 2. The summed E-state index contributed by atoms with van der Waals surface area (Å²) in [5, 5.41) is 13.9. The number of benzene rings is 2. The highest BCUT2D eigenvalue weighted by atomic mass is 16.7. The molecule has 0 unspecified atom stereocenters. The summed E-state index contributed by atoms with van der Waals surface area (Å²) >= 11 is 0. The molecule has 0 saturated carbocycles. The molecule has 126 valence electrons. The summed E-state index contributed by atoms with van der Waals surface area (Å²) < 4.78 is 10.5. The van der Waals surface area contributed by atoms with E-state index in [1.807, 2.05) is 6.07 Å². The summed E-state index contributed by atoms with van der Waals surface area (Å²) in [5.74, 6) is 0.550. The molecule has 2 amide bonds. The fourth-order valence-corrected chi connectivity index (χ4v) is 2.34. The van der Waals surface area contributed by atoms with Gasteiger partial charge in [0.05, 0.1) is 6.07 Å². The number of carbonyl (C=O) groups is 2. The molecule has 0 aromatic heterocycles. The van der Waals surface area contributed by atoms with Gasteiger partial charge in [0.1, 0.15) is 6.42 Å². The van der Waals surface area contributed by atoms with Gasteiger partial charge in [-0.3, -0.25) is 9.59 Å². The molecule has 1 heterocycles. The Balaban J connectivity index is 1.64. The summed E-state index contributed by atoms with van der Waals surface area (Å²) in [5.41, 5.74) is 1.88. The summed E-state index contributed by atoms with van der Waals surface area (Å²) in [6, 6.07) is 13.9. The van der Waals surface area contributed by atoms with Gasteiger partial charge >= 0.3 is 0 Å². The number of carbonyl (C=O) groups excluding carboxylic acids is 2. The molecule has 0 fully saturated rings. The van der Waals surface area contributed by atoms with E-state index in [0.29, 0.717) is 22.7 Å². The first kappa shape index (κ1) is 16.3. The molecule has 0 aliphatic carbocycles. The molecule has 25 heavy (non-hydrogen) atoms. The third-order valence-electron chi connectivity index (χ3n) is 3.55. The SMILES string of the molecule is N#CCC(=O)NCc1cccc(NC(=O)c2ccc3c(c2)OCO3)c1. The lowest BCUT2D eigenvalue weighted by molar-refractivity contribution is -0.120. The number of nitrogens with one attached hydrogen (secondary N) is 2. The molecule has 0 radical (unpaired) electrons. The quantitative estimate of drug-likeness (QED) is 0.871.